The number of rotatable bonds is 2. The molecule has 5 nitrogen and oxygen atoms in total. The molecule has 0 radical (unpaired) electrons. The summed E-state index contributed by atoms with van der Waals surface area (Å²) in [6.45, 7) is 2.22. The zero-order chi connectivity index (χ0) is 10.7. The Labute approximate surface area is 88.1 Å². The highest BCUT2D eigenvalue weighted by atomic mass is 16.6. The van der Waals surface area contributed by atoms with Gasteiger partial charge in [0.2, 0.25) is 5.91 Å². The summed E-state index contributed by atoms with van der Waals surface area (Å²) < 4.78 is 10.7. The van der Waals surface area contributed by atoms with Crippen molar-refractivity contribution in [2.45, 2.75) is 18.9 Å². The van der Waals surface area contributed by atoms with Gasteiger partial charge in [-0.05, 0) is 6.42 Å². The van der Waals surface area contributed by atoms with Gasteiger partial charge < -0.3 is 14.8 Å². The second kappa shape index (κ2) is 4.72. The van der Waals surface area contributed by atoms with Gasteiger partial charge in [-0.25, -0.2) is 0 Å². The van der Waals surface area contributed by atoms with E-state index in [0.29, 0.717) is 32.8 Å². The van der Waals surface area contributed by atoms with Crippen LogP contribution in [-0.2, 0) is 19.1 Å². The Morgan fingerprint density at radius 2 is 2.20 bits per heavy atom. The number of Topliss-reactive ketones (excluding diaryl/α,β-unsaturated/α-hetero) is 1. The van der Waals surface area contributed by atoms with Gasteiger partial charge in [0.1, 0.15) is 5.78 Å². The van der Waals surface area contributed by atoms with E-state index < -0.39 is 0 Å². The van der Waals surface area contributed by atoms with Crippen LogP contribution in [-0.4, -0.2) is 44.2 Å². The van der Waals surface area contributed by atoms with Crippen molar-refractivity contribution in [3.8, 4) is 0 Å². The van der Waals surface area contributed by atoms with E-state index in [9.17, 15) is 9.59 Å². The molecule has 2 saturated heterocycles. The molecule has 0 aromatic rings. The number of ketones is 1. The first-order valence-electron chi connectivity index (χ1n) is 5.24. The maximum absolute atomic E-state index is 11.5. The average Bonchev–Trinajstić information content (AvgIpc) is 2.24. The summed E-state index contributed by atoms with van der Waals surface area (Å²) in [5, 5.41) is 2.70. The van der Waals surface area contributed by atoms with Gasteiger partial charge in [-0.2, -0.15) is 0 Å². The van der Waals surface area contributed by atoms with Crippen molar-refractivity contribution in [2.24, 2.45) is 5.92 Å². The van der Waals surface area contributed by atoms with Crippen molar-refractivity contribution in [3.63, 3.8) is 0 Å². The summed E-state index contributed by atoms with van der Waals surface area (Å²) in [4.78, 5) is 22.4. The maximum Gasteiger partial charge on any atom is 0.227 e. The third kappa shape index (κ3) is 2.76. The molecule has 0 aliphatic carbocycles. The van der Waals surface area contributed by atoms with Gasteiger partial charge in [0.05, 0.1) is 32.3 Å². The minimum Gasteiger partial charge on any atom is -0.376 e. The molecule has 5 heteroatoms. The molecule has 0 saturated carbocycles. The molecule has 2 unspecified atom stereocenters. The first kappa shape index (κ1) is 10.6. The molecule has 2 aliphatic heterocycles. The van der Waals surface area contributed by atoms with Gasteiger partial charge in [-0.15, -0.1) is 0 Å². The number of carbonyl (C=O) groups is 2. The van der Waals surface area contributed by atoms with Crippen LogP contribution in [0.1, 0.15) is 12.8 Å². The molecular formula is C10H15NO4. The monoisotopic (exact) mass is 213 g/mol. The maximum atomic E-state index is 11.5. The summed E-state index contributed by atoms with van der Waals surface area (Å²) in [7, 11) is 0. The summed E-state index contributed by atoms with van der Waals surface area (Å²) in [6.07, 6.45) is 0.667. The molecule has 2 aliphatic rings. The van der Waals surface area contributed by atoms with E-state index in [4.69, 9.17) is 9.47 Å². The third-order valence-corrected chi connectivity index (χ3v) is 2.77. The van der Waals surface area contributed by atoms with Crippen LogP contribution in [0.4, 0.5) is 0 Å². The lowest BCUT2D eigenvalue weighted by molar-refractivity contribution is -0.137. The van der Waals surface area contributed by atoms with Crippen LogP contribution in [0, 0.1) is 5.92 Å². The standard InChI is InChI=1S/C10H15NO4/c12-9-4-10(13)11-5-7(9)3-8-6-14-1-2-15-8/h7-8H,1-6H2,(H,11,13). The summed E-state index contributed by atoms with van der Waals surface area (Å²) in [6, 6.07) is 0. The van der Waals surface area contributed by atoms with Gasteiger partial charge in [-0.1, -0.05) is 0 Å². The predicted molar refractivity (Wildman–Crippen MR) is 51.3 cm³/mol. The first-order chi connectivity index (χ1) is 7.25. The van der Waals surface area contributed by atoms with Crippen LogP contribution in [0.15, 0.2) is 0 Å². The minimum atomic E-state index is -0.169. The fourth-order valence-corrected chi connectivity index (χ4v) is 1.92. The molecule has 2 atom stereocenters. The predicted octanol–water partition coefficient (Wildman–Crippen LogP) is -0.503. The quantitative estimate of drug-likeness (QED) is 0.628. The minimum absolute atomic E-state index is 0.00250. The fourth-order valence-electron chi connectivity index (χ4n) is 1.92. The summed E-state index contributed by atoms with van der Waals surface area (Å²) in [5.74, 6) is -0.251. The number of nitrogens with one attached hydrogen (secondary N) is 1. The van der Waals surface area contributed by atoms with E-state index in [2.05, 4.69) is 5.32 Å². The number of ether oxygens (including phenoxy) is 2. The van der Waals surface area contributed by atoms with E-state index in [1.165, 1.54) is 0 Å². The SMILES string of the molecule is O=C1CC(=O)C(CC2COCCO2)CN1. The second-order valence-corrected chi connectivity index (χ2v) is 3.95. The zero-order valence-corrected chi connectivity index (χ0v) is 8.53. The molecule has 2 fully saturated rings. The Bertz CT molecular complexity index is 260. The first-order valence-corrected chi connectivity index (χ1v) is 5.24. The lowest BCUT2D eigenvalue weighted by atomic mass is 9.92. The molecule has 1 amide bonds. The molecule has 0 bridgehead atoms. The molecule has 15 heavy (non-hydrogen) atoms. The van der Waals surface area contributed by atoms with E-state index in [-0.39, 0.29) is 30.1 Å². The highest BCUT2D eigenvalue weighted by Gasteiger charge is 2.30. The highest BCUT2D eigenvalue weighted by molar-refractivity contribution is 6.01. The Morgan fingerprint density at radius 1 is 1.33 bits per heavy atom. The molecule has 84 valence electrons. The third-order valence-electron chi connectivity index (χ3n) is 2.77. The molecule has 0 aromatic carbocycles. The van der Waals surface area contributed by atoms with Crippen LogP contribution in [0.3, 0.4) is 0 Å². The van der Waals surface area contributed by atoms with Crippen LogP contribution >= 0.6 is 0 Å². The van der Waals surface area contributed by atoms with Gasteiger partial charge in [0.15, 0.2) is 0 Å². The number of hydrogen-bond donors (Lipinski definition) is 1. The molecule has 0 spiro atoms. The van der Waals surface area contributed by atoms with E-state index >= 15 is 0 Å². The van der Waals surface area contributed by atoms with Crippen LogP contribution in [0.25, 0.3) is 0 Å². The van der Waals surface area contributed by atoms with Crippen molar-refractivity contribution in [1.29, 1.82) is 0 Å². The van der Waals surface area contributed by atoms with Crippen molar-refractivity contribution in [2.75, 3.05) is 26.4 Å². The number of hydrogen-bond acceptors (Lipinski definition) is 4. The normalized spacial score (nSPS) is 32.5. The van der Waals surface area contributed by atoms with Crippen LogP contribution in [0.2, 0.25) is 0 Å². The van der Waals surface area contributed by atoms with E-state index in [1.807, 2.05) is 0 Å². The smallest absolute Gasteiger partial charge is 0.227 e. The number of carbonyl (C=O) groups excluding carboxylic acids is 2. The Hall–Kier alpha value is -0.940. The fraction of sp³-hybridized carbons (Fsp3) is 0.800. The van der Waals surface area contributed by atoms with Crippen molar-refractivity contribution < 1.29 is 19.1 Å². The van der Waals surface area contributed by atoms with Crippen LogP contribution < -0.4 is 5.32 Å². The lowest BCUT2D eigenvalue weighted by Gasteiger charge is -2.28. The van der Waals surface area contributed by atoms with Crippen molar-refractivity contribution in [1.82, 2.24) is 5.32 Å². The summed E-state index contributed by atoms with van der Waals surface area (Å²) in [5.41, 5.74) is 0. The van der Waals surface area contributed by atoms with Gasteiger partial charge in [0.25, 0.3) is 0 Å². The number of piperidine rings is 1. The molecule has 2 heterocycles. The van der Waals surface area contributed by atoms with Crippen LogP contribution in [0.5, 0.6) is 0 Å². The lowest BCUT2D eigenvalue weighted by Crippen LogP contribution is -2.43. The Morgan fingerprint density at radius 3 is 2.87 bits per heavy atom. The topological polar surface area (TPSA) is 64.6 Å². The van der Waals surface area contributed by atoms with Crippen molar-refractivity contribution >= 4 is 11.7 Å². The van der Waals surface area contributed by atoms with Crippen molar-refractivity contribution in [3.05, 3.63) is 0 Å². The van der Waals surface area contributed by atoms with Gasteiger partial charge >= 0.3 is 0 Å². The Kier molecular flexibility index (Phi) is 3.33. The largest absolute Gasteiger partial charge is 0.376 e. The molecule has 2 rings (SSSR count). The van der Waals surface area contributed by atoms with E-state index in [1.54, 1.807) is 0 Å². The highest BCUT2D eigenvalue weighted by Crippen LogP contribution is 2.17. The molecule has 0 aromatic heterocycles. The number of amides is 1. The molecule has 1 N–H and O–H groups in total. The Balaban J connectivity index is 1.82. The molecular weight excluding hydrogens is 198 g/mol. The van der Waals surface area contributed by atoms with Gasteiger partial charge in [-0.3, -0.25) is 9.59 Å². The van der Waals surface area contributed by atoms with Gasteiger partial charge in [0, 0.05) is 12.5 Å². The van der Waals surface area contributed by atoms with E-state index in [0.717, 1.165) is 0 Å². The average molecular weight is 213 g/mol. The summed E-state index contributed by atoms with van der Waals surface area (Å²) >= 11 is 0. The second-order valence-electron chi connectivity index (χ2n) is 3.95. The zero-order valence-electron chi connectivity index (χ0n) is 8.53.